The maximum Gasteiger partial charge on any atom is 0.227 e. The minimum atomic E-state index is 0.298. The molecule has 1 aromatic carbocycles. The molecule has 2 heterocycles. The number of nitrogens with one attached hydrogen (secondary N) is 1. The number of benzene rings is 1. The first-order valence-corrected chi connectivity index (χ1v) is 8.80. The summed E-state index contributed by atoms with van der Waals surface area (Å²) in [5.74, 6) is 1.57. The van der Waals surface area contributed by atoms with Gasteiger partial charge in [-0.1, -0.05) is 39.0 Å². The Morgan fingerprint density at radius 3 is 2.96 bits per heavy atom. The number of carbonyl (C=O) groups excluding carboxylic acids is 1. The van der Waals surface area contributed by atoms with Crippen molar-refractivity contribution >= 4 is 16.8 Å². The molecule has 3 heteroatoms. The van der Waals surface area contributed by atoms with Crippen LogP contribution >= 0.6 is 0 Å². The van der Waals surface area contributed by atoms with Crippen LogP contribution in [-0.2, 0) is 11.2 Å². The van der Waals surface area contributed by atoms with Crippen molar-refractivity contribution in [3.05, 3.63) is 36.0 Å². The lowest BCUT2D eigenvalue weighted by Gasteiger charge is -2.42. The molecule has 23 heavy (non-hydrogen) atoms. The number of hydrogen-bond donors (Lipinski definition) is 1. The summed E-state index contributed by atoms with van der Waals surface area (Å²) in [5.41, 5.74) is 2.59. The van der Waals surface area contributed by atoms with Gasteiger partial charge in [0.2, 0.25) is 5.91 Å². The third kappa shape index (κ3) is 2.37. The normalized spacial score (nSPS) is 29.2. The standard InChI is InChI=1S/C20H26N2O/c1-13-18-8-14(10-20(13,2)3)12-22(18)19(23)9-15-11-21-17-7-5-4-6-16(15)17/h4-7,11,13-14,18,21H,8-10,12H2,1-3H3. The van der Waals surface area contributed by atoms with Gasteiger partial charge in [0.25, 0.3) is 0 Å². The number of amides is 1. The first kappa shape index (κ1) is 14.8. The molecule has 1 saturated heterocycles. The largest absolute Gasteiger partial charge is 0.361 e. The van der Waals surface area contributed by atoms with E-state index >= 15 is 0 Å². The van der Waals surface area contributed by atoms with Gasteiger partial charge in [-0.25, -0.2) is 0 Å². The summed E-state index contributed by atoms with van der Waals surface area (Å²) >= 11 is 0. The second-order valence-corrected chi connectivity index (χ2v) is 8.23. The fraction of sp³-hybridized carbons (Fsp3) is 0.550. The van der Waals surface area contributed by atoms with Crippen LogP contribution in [0.4, 0.5) is 0 Å². The number of carbonyl (C=O) groups is 1. The Kier molecular flexibility index (Phi) is 3.29. The molecule has 2 fully saturated rings. The molecule has 0 spiro atoms. The summed E-state index contributed by atoms with van der Waals surface area (Å²) in [5, 5.41) is 1.18. The van der Waals surface area contributed by atoms with E-state index in [1.54, 1.807) is 0 Å². The monoisotopic (exact) mass is 310 g/mol. The van der Waals surface area contributed by atoms with Gasteiger partial charge in [-0.05, 0) is 41.7 Å². The molecule has 1 saturated carbocycles. The Hall–Kier alpha value is -1.77. The van der Waals surface area contributed by atoms with Crippen LogP contribution in [-0.4, -0.2) is 28.4 Å². The summed E-state index contributed by atoms with van der Waals surface area (Å²) in [7, 11) is 0. The summed E-state index contributed by atoms with van der Waals surface area (Å²) in [6, 6.07) is 8.66. The first-order chi connectivity index (χ1) is 11.0. The third-order valence-electron chi connectivity index (χ3n) is 6.39. The topological polar surface area (TPSA) is 36.1 Å². The highest BCUT2D eigenvalue weighted by Gasteiger charge is 2.49. The molecule has 0 radical (unpaired) electrons. The number of hydrogen-bond acceptors (Lipinski definition) is 1. The van der Waals surface area contributed by atoms with E-state index in [2.05, 4.69) is 42.8 Å². The molecule has 1 aliphatic carbocycles. The van der Waals surface area contributed by atoms with Crippen LogP contribution in [0, 0.1) is 17.3 Å². The fourth-order valence-corrected chi connectivity index (χ4v) is 4.86. The van der Waals surface area contributed by atoms with Gasteiger partial charge in [0.15, 0.2) is 0 Å². The highest BCUT2D eigenvalue weighted by molar-refractivity contribution is 5.89. The lowest BCUT2D eigenvalue weighted by molar-refractivity contribution is -0.132. The molecule has 2 aromatic rings. The average Bonchev–Trinajstić information content (AvgIpc) is 3.08. The van der Waals surface area contributed by atoms with Crippen molar-refractivity contribution in [2.75, 3.05) is 6.54 Å². The van der Waals surface area contributed by atoms with Gasteiger partial charge in [-0.3, -0.25) is 4.79 Å². The Morgan fingerprint density at radius 1 is 1.35 bits per heavy atom. The molecule has 1 aliphatic heterocycles. The van der Waals surface area contributed by atoms with E-state index in [1.807, 2.05) is 18.3 Å². The van der Waals surface area contributed by atoms with Crippen molar-refractivity contribution in [3.8, 4) is 0 Å². The average molecular weight is 310 g/mol. The summed E-state index contributed by atoms with van der Waals surface area (Å²) < 4.78 is 0. The smallest absolute Gasteiger partial charge is 0.227 e. The van der Waals surface area contributed by atoms with Crippen molar-refractivity contribution in [3.63, 3.8) is 0 Å². The van der Waals surface area contributed by atoms with Crippen molar-refractivity contribution in [2.24, 2.45) is 17.3 Å². The molecule has 4 rings (SSSR count). The van der Waals surface area contributed by atoms with E-state index < -0.39 is 0 Å². The minimum absolute atomic E-state index is 0.298. The molecule has 2 aliphatic rings. The van der Waals surface area contributed by atoms with Gasteiger partial charge >= 0.3 is 0 Å². The molecular weight excluding hydrogens is 284 g/mol. The maximum atomic E-state index is 13.0. The van der Waals surface area contributed by atoms with E-state index in [0.717, 1.165) is 17.6 Å². The highest BCUT2D eigenvalue weighted by atomic mass is 16.2. The summed E-state index contributed by atoms with van der Waals surface area (Å²) in [6.45, 7) is 8.02. The molecule has 3 nitrogen and oxygen atoms in total. The Bertz CT molecular complexity index is 745. The molecular formula is C20H26N2O. The first-order valence-electron chi connectivity index (χ1n) is 8.80. The van der Waals surface area contributed by atoms with Crippen LogP contribution < -0.4 is 0 Å². The van der Waals surface area contributed by atoms with Crippen LogP contribution in [0.3, 0.4) is 0 Å². The quantitative estimate of drug-likeness (QED) is 0.894. The Labute approximate surface area is 138 Å². The van der Waals surface area contributed by atoms with Gasteiger partial charge in [-0.15, -0.1) is 0 Å². The predicted octanol–water partition coefficient (Wildman–Crippen LogP) is 3.99. The zero-order valence-electron chi connectivity index (χ0n) is 14.3. The van der Waals surface area contributed by atoms with Crippen LogP contribution in [0.25, 0.3) is 10.9 Å². The number of likely N-dealkylation sites (tertiary alicyclic amines) is 1. The van der Waals surface area contributed by atoms with Crippen molar-refractivity contribution in [2.45, 2.75) is 46.1 Å². The molecule has 122 valence electrons. The minimum Gasteiger partial charge on any atom is -0.361 e. The number of H-pyrrole nitrogens is 1. The third-order valence-corrected chi connectivity index (χ3v) is 6.39. The lowest BCUT2D eigenvalue weighted by Crippen LogP contribution is -2.44. The summed E-state index contributed by atoms with van der Waals surface area (Å²) in [4.78, 5) is 18.4. The molecule has 3 atom stereocenters. The second kappa shape index (κ2) is 5.12. The zero-order chi connectivity index (χ0) is 16.2. The Balaban J connectivity index is 1.56. The number of nitrogens with zero attached hydrogens (tertiary/aromatic N) is 1. The molecule has 2 bridgehead atoms. The predicted molar refractivity (Wildman–Crippen MR) is 93.2 cm³/mol. The highest BCUT2D eigenvalue weighted by Crippen LogP contribution is 2.49. The second-order valence-electron chi connectivity index (χ2n) is 8.23. The van der Waals surface area contributed by atoms with Crippen molar-refractivity contribution < 1.29 is 4.79 Å². The molecule has 1 amide bonds. The Morgan fingerprint density at radius 2 is 2.13 bits per heavy atom. The van der Waals surface area contributed by atoms with Gasteiger partial charge in [-0.2, -0.15) is 0 Å². The van der Waals surface area contributed by atoms with Gasteiger partial charge in [0.1, 0.15) is 0 Å². The summed E-state index contributed by atoms with van der Waals surface area (Å²) in [6.07, 6.45) is 4.96. The van der Waals surface area contributed by atoms with Crippen LogP contribution in [0.1, 0.15) is 39.2 Å². The van der Waals surface area contributed by atoms with Crippen molar-refractivity contribution in [1.29, 1.82) is 0 Å². The van der Waals surface area contributed by atoms with Gasteiger partial charge in [0.05, 0.1) is 6.42 Å². The van der Waals surface area contributed by atoms with E-state index in [0.29, 0.717) is 35.6 Å². The molecule has 3 unspecified atom stereocenters. The van der Waals surface area contributed by atoms with E-state index in [-0.39, 0.29) is 0 Å². The fourth-order valence-electron chi connectivity index (χ4n) is 4.86. The van der Waals surface area contributed by atoms with Crippen LogP contribution in [0.15, 0.2) is 30.5 Å². The SMILES string of the molecule is CC1C2CC(CN2C(=O)Cc2c[nH]c3ccccc23)CC1(C)C. The van der Waals surface area contributed by atoms with E-state index in [4.69, 9.17) is 0 Å². The number of para-hydroxylation sites is 1. The van der Waals surface area contributed by atoms with Crippen LogP contribution in [0.2, 0.25) is 0 Å². The lowest BCUT2D eigenvalue weighted by atomic mass is 9.65. The molecule has 1 aromatic heterocycles. The van der Waals surface area contributed by atoms with E-state index in [1.165, 1.54) is 18.2 Å². The van der Waals surface area contributed by atoms with E-state index in [9.17, 15) is 4.79 Å². The molecule has 1 N–H and O–H groups in total. The van der Waals surface area contributed by atoms with Crippen molar-refractivity contribution in [1.82, 2.24) is 9.88 Å². The zero-order valence-corrected chi connectivity index (χ0v) is 14.3. The van der Waals surface area contributed by atoms with Crippen LogP contribution in [0.5, 0.6) is 0 Å². The number of aromatic amines is 1. The van der Waals surface area contributed by atoms with Gasteiger partial charge < -0.3 is 9.88 Å². The number of rotatable bonds is 2. The number of aromatic nitrogens is 1. The number of fused-ring (bicyclic) bond motifs is 3. The maximum absolute atomic E-state index is 13.0. The van der Waals surface area contributed by atoms with Gasteiger partial charge in [0, 0.05) is 29.7 Å².